The maximum Gasteiger partial charge on any atom is 0.251 e. The molecule has 6 nitrogen and oxygen atoms in total. The molecule has 2 aromatic rings. The first kappa shape index (κ1) is 22.8. The number of aromatic nitrogens is 1. The largest absolute Gasteiger partial charge is 0.494 e. The van der Waals surface area contributed by atoms with Crippen LogP contribution in [0.2, 0.25) is 0 Å². The second-order valence-electron chi connectivity index (χ2n) is 9.09. The van der Waals surface area contributed by atoms with Crippen LogP contribution in [0.5, 0.6) is 5.75 Å². The van der Waals surface area contributed by atoms with Gasteiger partial charge in [-0.3, -0.25) is 14.6 Å². The third-order valence-corrected chi connectivity index (χ3v) is 5.65. The molecule has 3 rings (SSSR count). The number of piperidine rings is 1. The second-order valence-corrected chi connectivity index (χ2v) is 9.09. The Morgan fingerprint density at radius 1 is 1.06 bits per heavy atom. The summed E-state index contributed by atoms with van der Waals surface area (Å²) < 4.78 is 5.79. The maximum absolute atomic E-state index is 12.5. The molecular weight excluding hydrogens is 390 g/mol. The maximum atomic E-state index is 12.5. The zero-order valence-corrected chi connectivity index (χ0v) is 18.8. The van der Waals surface area contributed by atoms with Gasteiger partial charge in [0.05, 0.1) is 6.61 Å². The SMILES string of the molecule is CC(C)(C)c1ccc(OCCCC(=O)N2CCC(NC(=O)c3ccncc3)CC2)cc1. The van der Waals surface area contributed by atoms with Crippen molar-refractivity contribution in [3.8, 4) is 5.75 Å². The molecule has 1 saturated heterocycles. The Bertz CT molecular complexity index is 852. The number of pyridine rings is 1. The number of likely N-dealkylation sites (tertiary alicyclic amines) is 1. The van der Waals surface area contributed by atoms with Crippen LogP contribution in [-0.4, -0.2) is 47.4 Å². The molecule has 1 fully saturated rings. The van der Waals surface area contributed by atoms with Gasteiger partial charge in [-0.15, -0.1) is 0 Å². The molecule has 1 aliphatic rings. The van der Waals surface area contributed by atoms with Crippen LogP contribution in [0.25, 0.3) is 0 Å². The quantitative estimate of drug-likeness (QED) is 0.685. The van der Waals surface area contributed by atoms with Gasteiger partial charge >= 0.3 is 0 Å². The van der Waals surface area contributed by atoms with Crippen LogP contribution in [0.4, 0.5) is 0 Å². The highest BCUT2D eigenvalue weighted by Gasteiger charge is 2.24. The average molecular weight is 424 g/mol. The molecular formula is C25H33N3O3. The van der Waals surface area contributed by atoms with Crippen molar-refractivity contribution in [3.63, 3.8) is 0 Å². The first-order valence-corrected chi connectivity index (χ1v) is 11.0. The minimum absolute atomic E-state index is 0.0835. The van der Waals surface area contributed by atoms with Gasteiger partial charge in [-0.2, -0.15) is 0 Å². The van der Waals surface area contributed by atoms with E-state index in [1.165, 1.54) is 5.56 Å². The Labute approximate surface area is 185 Å². The Morgan fingerprint density at radius 3 is 2.32 bits per heavy atom. The zero-order chi connectivity index (χ0) is 22.3. The molecule has 1 aromatic heterocycles. The molecule has 2 heterocycles. The molecule has 1 aliphatic heterocycles. The van der Waals surface area contributed by atoms with E-state index in [-0.39, 0.29) is 23.3 Å². The van der Waals surface area contributed by atoms with E-state index in [4.69, 9.17) is 4.74 Å². The third-order valence-electron chi connectivity index (χ3n) is 5.65. The summed E-state index contributed by atoms with van der Waals surface area (Å²) in [5.41, 5.74) is 2.01. The van der Waals surface area contributed by atoms with E-state index in [2.05, 4.69) is 43.2 Å². The number of ether oxygens (including phenoxy) is 1. The summed E-state index contributed by atoms with van der Waals surface area (Å²) in [4.78, 5) is 30.6. The molecule has 2 amide bonds. The number of nitrogens with one attached hydrogen (secondary N) is 1. The fraction of sp³-hybridized carbons (Fsp3) is 0.480. The van der Waals surface area contributed by atoms with Crippen molar-refractivity contribution in [2.24, 2.45) is 0 Å². The predicted molar refractivity (Wildman–Crippen MR) is 121 cm³/mol. The lowest BCUT2D eigenvalue weighted by Crippen LogP contribution is -2.46. The zero-order valence-electron chi connectivity index (χ0n) is 18.8. The van der Waals surface area contributed by atoms with Crippen LogP contribution < -0.4 is 10.1 Å². The summed E-state index contributed by atoms with van der Waals surface area (Å²) in [6.07, 6.45) is 5.95. The normalized spacial score (nSPS) is 14.9. The molecule has 0 saturated carbocycles. The summed E-state index contributed by atoms with van der Waals surface area (Å²) in [5, 5.41) is 3.05. The molecule has 0 spiro atoms. The lowest BCUT2D eigenvalue weighted by Gasteiger charge is -2.32. The van der Waals surface area contributed by atoms with Crippen LogP contribution in [0.3, 0.4) is 0 Å². The van der Waals surface area contributed by atoms with Gasteiger partial charge in [0.2, 0.25) is 5.91 Å². The van der Waals surface area contributed by atoms with E-state index in [0.29, 0.717) is 38.1 Å². The van der Waals surface area contributed by atoms with Crippen LogP contribution in [0.15, 0.2) is 48.8 Å². The predicted octanol–water partition coefficient (Wildman–Crippen LogP) is 3.96. The van der Waals surface area contributed by atoms with Crippen molar-refractivity contribution < 1.29 is 14.3 Å². The standard InChI is InChI=1S/C25H33N3O3/c1-25(2,3)20-6-8-22(9-7-20)31-18-4-5-23(29)28-16-12-21(13-17-28)27-24(30)19-10-14-26-15-11-19/h6-11,14-15,21H,4-5,12-13,16-18H2,1-3H3,(H,27,30). The molecule has 1 N–H and O–H groups in total. The van der Waals surface area contributed by atoms with Crippen molar-refractivity contribution in [1.29, 1.82) is 0 Å². The number of carbonyl (C=O) groups excluding carboxylic acids is 2. The van der Waals surface area contributed by atoms with E-state index < -0.39 is 0 Å². The van der Waals surface area contributed by atoms with Crippen molar-refractivity contribution in [2.75, 3.05) is 19.7 Å². The van der Waals surface area contributed by atoms with E-state index in [9.17, 15) is 9.59 Å². The fourth-order valence-electron chi connectivity index (χ4n) is 3.67. The fourth-order valence-corrected chi connectivity index (χ4v) is 3.67. The highest BCUT2D eigenvalue weighted by molar-refractivity contribution is 5.94. The Kier molecular flexibility index (Phi) is 7.66. The minimum atomic E-state index is -0.0835. The van der Waals surface area contributed by atoms with Crippen LogP contribution in [0.1, 0.15) is 62.4 Å². The molecule has 1 aromatic carbocycles. The number of rotatable bonds is 7. The molecule has 0 aliphatic carbocycles. The Morgan fingerprint density at radius 2 is 1.71 bits per heavy atom. The van der Waals surface area contributed by atoms with Crippen LogP contribution >= 0.6 is 0 Å². The average Bonchev–Trinajstić information content (AvgIpc) is 2.77. The summed E-state index contributed by atoms with van der Waals surface area (Å²) in [7, 11) is 0. The molecule has 0 bridgehead atoms. The van der Waals surface area contributed by atoms with E-state index in [0.717, 1.165) is 18.6 Å². The van der Waals surface area contributed by atoms with Crippen molar-refractivity contribution in [2.45, 2.75) is 57.9 Å². The first-order valence-electron chi connectivity index (χ1n) is 11.0. The summed E-state index contributed by atoms with van der Waals surface area (Å²) >= 11 is 0. The third kappa shape index (κ3) is 6.81. The van der Waals surface area contributed by atoms with Gasteiger partial charge in [0, 0.05) is 43.5 Å². The number of hydrogen-bond acceptors (Lipinski definition) is 4. The minimum Gasteiger partial charge on any atom is -0.494 e. The van der Waals surface area contributed by atoms with Gasteiger partial charge in [-0.05, 0) is 54.5 Å². The molecule has 0 atom stereocenters. The second kappa shape index (κ2) is 10.4. The van der Waals surface area contributed by atoms with Crippen molar-refractivity contribution >= 4 is 11.8 Å². The highest BCUT2D eigenvalue weighted by atomic mass is 16.5. The smallest absolute Gasteiger partial charge is 0.251 e. The van der Waals surface area contributed by atoms with E-state index in [1.54, 1.807) is 24.5 Å². The Balaban J connectivity index is 1.33. The summed E-state index contributed by atoms with van der Waals surface area (Å²) in [6.45, 7) is 8.44. The molecule has 31 heavy (non-hydrogen) atoms. The van der Waals surface area contributed by atoms with Crippen LogP contribution in [0, 0.1) is 0 Å². The van der Waals surface area contributed by atoms with Gasteiger partial charge in [0.25, 0.3) is 5.91 Å². The number of hydrogen-bond donors (Lipinski definition) is 1. The topological polar surface area (TPSA) is 71.5 Å². The molecule has 166 valence electrons. The number of benzene rings is 1. The Hall–Kier alpha value is -2.89. The lowest BCUT2D eigenvalue weighted by molar-refractivity contribution is -0.132. The molecule has 6 heteroatoms. The summed E-state index contributed by atoms with van der Waals surface area (Å²) in [6, 6.07) is 11.7. The number of nitrogens with zero attached hydrogens (tertiary/aromatic N) is 2. The van der Waals surface area contributed by atoms with Gasteiger partial charge < -0.3 is 15.0 Å². The van der Waals surface area contributed by atoms with Crippen molar-refractivity contribution in [3.05, 3.63) is 59.9 Å². The number of amides is 2. The monoisotopic (exact) mass is 423 g/mol. The first-order chi connectivity index (χ1) is 14.8. The summed E-state index contributed by atoms with van der Waals surface area (Å²) in [5.74, 6) is 0.914. The van der Waals surface area contributed by atoms with Crippen molar-refractivity contribution in [1.82, 2.24) is 15.2 Å². The lowest BCUT2D eigenvalue weighted by atomic mass is 9.87. The van der Waals surface area contributed by atoms with Gasteiger partial charge in [-0.25, -0.2) is 0 Å². The number of carbonyl (C=O) groups is 2. The highest BCUT2D eigenvalue weighted by Crippen LogP contribution is 2.24. The van der Waals surface area contributed by atoms with E-state index >= 15 is 0 Å². The van der Waals surface area contributed by atoms with Gasteiger partial charge in [-0.1, -0.05) is 32.9 Å². The molecule has 0 radical (unpaired) electrons. The van der Waals surface area contributed by atoms with E-state index in [1.807, 2.05) is 17.0 Å². The molecule has 0 unspecified atom stereocenters. The van der Waals surface area contributed by atoms with Crippen LogP contribution in [-0.2, 0) is 10.2 Å². The van der Waals surface area contributed by atoms with Gasteiger partial charge in [0.15, 0.2) is 0 Å². The van der Waals surface area contributed by atoms with Gasteiger partial charge in [0.1, 0.15) is 5.75 Å².